The monoisotopic (exact) mass is 269 g/mol. The van der Waals surface area contributed by atoms with Gasteiger partial charge in [-0.3, -0.25) is 0 Å². The molecule has 1 aliphatic rings. The van der Waals surface area contributed by atoms with Crippen LogP contribution in [0.4, 0.5) is 0 Å². The van der Waals surface area contributed by atoms with Crippen molar-refractivity contribution in [2.24, 2.45) is 5.92 Å². The van der Waals surface area contributed by atoms with Crippen LogP contribution in [0.5, 0.6) is 0 Å². The molecule has 2 nitrogen and oxygen atoms in total. The molecule has 0 amide bonds. The van der Waals surface area contributed by atoms with Gasteiger partial charge in [-0.05, 0) is 32.1 Å². The minimum absolute atomic E-state index is 0.433. The Hall–Kier alpha value is -0.0800. The zero-order valence-electron chi connectivity index (χ0n) is 13.4. The summed E-state index contributed by atoms with van der Waals surface area (Å²) in [5.74, 6) is 0.847. The van der Waals surface area contributed by atoms with Crippen molar-refractivity contribution in [1.29, 1.82) is 0 Å². The molecule has 3 atom stereocenters. The van der Waals surface area contributed by atoms with Crippen LogP contribution in [0.15, 0.2) is 0 Å². The van der Waals surface area contributed by atoms with Crippen LogP contribution < -0.4 is 5.32 Å². The van der Waals surface area contributed by atoms with E-state index in [2.05, 4.69) is 26.1 Å². The molecule has 1 rings (SSSR count). The minimum Gasteiger partial charge on any atom is -0.377 e. The lowest BCUT2D eigenvalue weighted by molar-refractivity contribution is 0.0573. The topological polar surface area (TPSA) is 21.3 Å². The second-order valence-corrected chi connectivity index (χ2v) is 6.35. The van der Waals surface area contributed by atoms with Gasteiger partial charge in [0.15, 0.2) is 0 Å². The Balaban J connectivity index is 1.94. The standard InChI is InChI=1S/C17H35NO/c1-4-5-6-7-11-16(3)19-14-13-18-17-12-9-8-10-15(17)2/h15-18H,4-14H2,1-3H3. The van der Waals surface area contributed by atoms with Gasteiger partial charge in [0.25, 0.3) is 0 Å². The van der Waals surface area contributed by atoms with Crippen molar-refractivity contribution in [1.82, 2.24) is 5.32 Å². The summed E-state index contributed by atoms with van der Waals surface area (Å²) < 4.78 is 5.89. The average Bonchev–Trinajstić information content (AvgIpc) is 2.41. The molecule has 0 aromatic rings. The van der Waals surface area contributed by atoms with E-state index in [-0.39, 0.29) is 0 Å². The molecule has 114 valence electrons. The van der Waals surface area contributed by atoms with Crippen molar-refractivity contribution in [3.63, 3.8) is 0 Å². The predicted octanol–water partition coefficient (Wildman–Crippen LogP) is 4.53. The number of hydrogen-bond donors (Lipinski definition) is 1. The molecule has 1 saturated carbocycles. The van der Waals surface area contributed by atoms with Crippen molar-refractivity contribution in [3.05, 3.63) is 0 Å². The van der Waals surface area contributed by atoms with Gasteiger partial charge >= 0.3 is 0 Å². The first-order chi connectivity index (χ1) is 9.24. The molecule has 0 spiro atoms. The fourth-order valence-electron chi connectivity index (χ4n) is 3.07. The van der Waals surface area contributed by atoms with E-state index < -0.39 is 0 Å². The molecule has 1 aliphatic carbocycles. The molecule has 19 heavy (non-hydrogen) atoms. The number of hydrogen-bond acceptors (Lipinski definition) is 2. The molecular formula is C17H35NO. The molecule has 0 bridgehead atoms. The van der Waals surface area contributed by atoms with Crippen LogP contribution in [0.2, 0.25) is 0 Å². The number of rotatable bonds is 10. The van der Waals surface area contributed by atoms with E-state index >= 15 is 0 Å². The Kier molecular flexibility index (Phi) is 9.54. The Labute approximate surface area is 120 Å². The Morgan fingerprint density at radius 1 is 1.16 bits per heavy atom. The molecule has 2 heteroatoms. The molecule has 0 heterocycles. The first-order valence-corrected chi connectivity index (χ1v) is 8.59. The maximum absolute atomic E-state index is 5.89. The highest BCUT2D eigenvalue weighted by molar-refractivity contribution is 4.77. The Bertz CT molecular complexity index is 207. The van der Waals surface area contributed by atoms with Gasteiger partial charge in [0.2, 0.25) is 0 Å². The van der Waals surface area contributed by atoms with Crippen molar-refractivity contribution >= 4 is 0 Å². The van der Waals surface area contributed by atoms with E-state index in [0.717, 1.165) is 25.1 Å². The molecule has 0 aromatic carbocycles. The predicted molar refractivity (Wildman–Crippen MR) is 83.6 cm³/mol. The summed E-state index contributed by atoms with van der Waals surface area (Å²) in [5, 5.41) is 3.68. The molecule has 0 saturated heterocycles. The maximum atomic E-state index is 5.89. The normalized spacial score (nSPS) is 25.4. The van der Waals surface area contributed by atoms with Gasteiger partial charge in [0, 0.05) is 12.6 Å². The van der Waals surface area contributed by atoms with Crippen LogP contribution in [0.3, 0.4) is 0 Å². The maximum Gasteiger partial charge on any atom is 0.0594 e. The molecule has 0 aromatic heterocycles. The summed E-state index contributed by atoms with van der Waals surface area (Å²) in [5.41, 5.74) is 0. The average molecular weight is 269 g/mol. The third kappa shape index (κ3) is 7.94. The quantitative estimate of drug-likeness (QED) is 0.588. The van der Waals surface area contributed by atoms with Crippen LogP contribution in [-0.2, 0) is 4.74 Å². The summed E-state index contributed by atoms with van der Waals surface area (Å²) in [4.78, 5) is 0. The smallest absolute Gasteiger partial charge is 0.0594 e. The fraction of sp³-hybridized carbons (Fsp3) is 1.00. The zero-order chi connectivity index (χ0) is 13.9. The highest BCUT2D eigenvalue weighted by atomic mass is 16.5. The largest absolute Gasteiger partial charge is 0.377 e. The van der Waals surface area contributed by atoms with Crippen LogP contribution in [0.1, 0.15) is 78.6 Å². The number of ether oxygens (including phenoxy) is 1. The second kappa shape index (κ2) is 10.7. The van der Waals surface area contributed by atoms with Gasteiger partial charge < -0.3 is 10.1 Å². The number of unbranched alkanes of at least 4 members (excludes halogenated alkanes) is 3. The van der Waals surface area contributed by atoms with Gasteiger partial charge in [0.1, 0.15) is 0 Å². The van der Waals surface area contributed by atoms with Gasteiger partial charge in [0.05, 0.1) is 12.7 Å². The molecule has 0 aliphatic heterocycles. The molecular weight excluding hydrogens is 234 g/mol. The molecule has 1 N–H and O–H groups in total. The van der Waals surface area contributed by atoms with E-state index in [9.17, 15) is 0 Å². The van der Waals surface area contributed by atoms with E-state index in [4.69, 9.17) is 4.74 Å². The second-order valence-electron chi connectivity index (χ2n) is 6.35. The van der Waals surface area contributed by atoms with E-state index in [1.54, 1.807) is 0 Å². The lowest BCUT2D eigenvalue weighted by Crippen LogP contribution is -2.39. The summed E-state index contributed by atoms with van der Waals surface area (Å²) >= 11 is 0. The van der Waals surface area contributed by atoms with Crippen LogP contribution in [0.25, 0.3) is 0 Å². The van der Waals surface area contributed by atoms with E-state index in [1.165, 1.54) is 57.8 Å². The summed E-state index contributed by atoms with van der Waals surface area (Å²) in [6.45, 7) is 8.76. The Morgan fingerprint density at radius 3 is 2.68 bits per heavy atom. The van der Waals surface area contributed by atoms with Crippen molar-refractivity contribution < 1.29 is 4.74 Å². The molecule has 0 radical (unpaired) electrons. The van der Waals surface area contributed by atoms with Gasteiger partial charge in [-0.1, -0.05) is 52.4 Å². The minimum atomic E-state index is 0.433. The van der Waals surface area contributed by atoms with Gasteiger partial charge in [-0.25, -0.2) is 0 Å². The summed E-state index contributed by atoms with van der Waals surface area (Å²) in [6, 6.07) is 0.734. The highest BCUT2D eigenvalue weighted by Crippen LogP contribution is 2.23. The van der Waals surface area contributed by atoms with E-state index in [1.807, 2.05) is 0 Å². The molecule has 3 unspecified atom stereocenters. The first kappa shape index (κ1) is 17.0. The lowest BCUT2D eigenvalue weighted by atomic mass is 9.86. The van der Waals surface area contributed by atoms with Crippen LogP contribution in [-0.4, -0.2) is 25.3 Å². The summed E-state index contributed by atoms with van der Waals surface area (Å²) in [7, 11) is 0. The van der Waals surface area contributed by atoms with Crippen LogP contribution in [0, 0.1) is 5.92 Å². The van der Waals surface area contributed by atoms with Crippen LogP contribution >= 0.6 is 0 Å². The summed E-state index contributed by atoms with van der Waals surface area (Å²) in [6.07, 6.45) is 12.6. The van der Waals surface area contributed by atoms with Crippen molar-refractivity contribution in [2.45, 2.75) is 90.7 Å². The highest BCUT2D eigenvalue weighted by Gasteiger charge is 2.20. The van der Waals surface area contributed by atoms with Crippen molar-refractivity contribution in [3.8, 4) is 0 Å². The van der Waals surface area contributed by atoms with Gasteiger partial charge in [-0.2, -0.15) is 0 Å². The van der Waals surface area contributed by atoms with Crippen molar-refractivity contribution in [2.75, 3.05) is 13.2 Å². The first-order valence-electron chi connectivity index (χ1n) is 8.59. The lowest BCUT2D eigenvalue weighted by Gasteiger charge is -2.29. The SMILES string of the molecule is CCCCCCC(C)OCCNC1CCCCC1C. The fourth-order valence-corrected chi connectivity index (χ4v) is 3.07. The van der Waals surface area contributed by atoms with E-state index in [0.29, 0.717) is 6.10 Å². The third-order valence-electron chi connectivity index (χ3n) is 4.49. The van der Waals surface area contributed by atoms with Gasteiger partial charge in [-0.15, -0.1) is 0 Å². The molecule has 1 fully saturated rings. The Morgan fingerprint density at radius 2 is 1.95 bits per heavy atom. The zero-order valence-corrected chi connectivity index (χ0v) is 13.4. The third-order valence-corrected chi connectivity index (χ3v) is 4.49. The number of nitrogens with one attached hydrogen (secondary N) is 1.